The number of halogens is 1. The summed E-state index contributed by atoms with van der Waals surface area (Å²) in [6.45, 7) is 7.64. The molecule has 0 saturated carbocycles. The lowest BCUT2D eigenvalue weighted by molar-refractivity contribution is 0.181. The molecule has 1 aliphatic rings. The van der Waals surface area contributed by atoms with Crippen molar-refractivity contribution in [2.75, 3.05) is 49.6 Å². The highest BCUT2D eigenvalue weighted by Gasteiger charge is 2.26. The van der Waals surface area contributed by atoms with E-state index in [9.17, 15) is 12.8 Å². The molecule has 1 aliphatic heterocycles. The summed E-state index contributed by atoms with van der Waals surface area (Å²) in [5.74, 6) is 0.872. The third-order valence-electron chi connectivity index (χ3n) is 6.77. The van der Waals surface area contributed by atoms with Gasteiger partial charge in [0.05, 0.1) is 24.8 Å². The maximum atomic E-state index is 13.7. The first-order valence-corrected chi connectivity index (χ1v) is 13.8. The molecule has 3 aromatic rings. The summed E-state index contributed by atoms with van der Waals surface area (Å²) in [6, 6.07) is 19.0. The van der Waals surface area contributed by atoms with Crippen molar-refractivity contribution in [3.63, 3.8) is 0 Å². The molecule has 4 rings (SSSR count). The van der Waals surface area contributed by atoms with E-state index in [1.165, 1.54) is 28.1 Å². The third kappa shape index (κ3) is 5.83. The van der Waals surface area contributed by atoms with Gasteiger partial charge in [0, 0.05) is 44.5 Å². The number of benzene rings is 3. The smallest absolute Gasteiger partial charge is 0.264 e. The maximum Gasteiger partial charge on any atom is 0.264 e. The Bertz CT molecular complexity index is 1320. The Hall–Kier alpha value is -3.30. The second kappa shape index (κ2) is 11.4. The molecule has 7 nitrogen and oxygen atoms in total. The summed E-state index contributed by atoms with van der Waals surface area (Å²) >= 11 is 0. The van der Waals surface area contributed by atoms with Crippen LogP contribution >= 0.6 is 0 Å². The zero-order valence-electron chi connectivity index (χ0n) is 21.7. The van der Waals surface area contributed by atoms with Crippen molar-refractivity contribution in [3.05, 3.63) is 78.1 Å². The average Bonchev–Trinajstić information content (AvgIpc) is 2.90. The van der Waals surface area contributed by atoms with E-state index in [4.69, 9.17) is 9.47 Å². The van der Waals surface area contributed by atoms with E-state index in [0.717, 1.165) is 49.4 Å². The summed E-state index contributed by atoms with van der Waals surface area (Å²) in [5, 5.41) is 0. The molecule has 0 aliphatic carbocycles. The van der Waals surface area contributed by atoms with Crippen LogP contribution in [0.15, 0.2) is 71.6 Å². The van der Waals surface area contributed by atoms with Gasteiger partial charge >= 0.3 is 0 Å². The molecule has 1 fully saturated rings. The van der Waals surface area contributed by atoms with Crippen LogP contribution in [0, 0.1) is 5.82 Å². The van der Waals surface area contributed by atoms with Crippen LogP contribution in [0.2, 0.25) is 0 Å². The van der Waals surface area contributed by atoms with E-state index in [2.05, 4.69) is 22.8 Å². The zero-order chi connectivity index (χ0) is 26.6. The summed E-state index contributed by atoms with van der Waals surface area (Å²) in [6.07, 6.45) is 0. The van der Waals surface area contributed by atoms with Crippen LogP contribution in [-0.4, -0.2) is 59.8 Å². The number of hydrogen-bond donors (Lipinski definition) is 0. The van der Waals surface area contributed by atoms with Gasteiger partial charge in [-0.1, -0.05) is 12.1 Å². The molecule has 3 aromatic carbocycles. The van der Waals surface area contributed by atoms with Crippen molar-refractivity contribution in [3.8, 4) is 11.5 Å². The van der Waals surface area contributed by atoms with Crippen molar-refractivity contribution in [1.29, 1.82) is 0 Å². The molecule has 9 heteroatoms. The third-order valence-corrected chi connectivity index (χ3v) is 8.67. The monoisotopic (exact) mass is 527 g/mol. The first kappa shape index (κ1) is 26.8. The van der Waals surface area contributed by atoms with Crippen LogP contribution < -0.4 is 18.7 Å². The number of anilines is 2. The van der Waals surface area contributed by atoms with Gasteiger partial charge in [0.2, 0.25) is 0 Å². The SMILES string of the molecule is CCN(c1ccc(N2CCN(Cc3ccc(OC)c(OC)c3)[C@@H](C)C2)cc1)S(=O)(=O)c1cccc(F)c1. The van der Waals surface area contributed by atoms with E-state index >= 15 is 0 Å². The fourth-order valence-electron chi connectivity index (χ4n) is 4.75. The van der Waals surface area contributed by atoms with Gasteiger partial charge in [0.15, 0.2) is 11.5 Å². The van der Waals surface area contributed by atoms with Gasteiger partial charge in [-0.15, -0.1) is 0 Å². The Balaban J connectivity index is 1.43. The normalized spacial score (nSPS) is 16.5. The lowest BCUT2D eigenvalue weighted by Gasteiger charge is -2.41. The molecular formula is C28H34FN3O4S. The molecule has 0 aromatic heterocycles. The van der Waals surface area contributed by atoms with Crippen molar-refractivity contribution >= 4 is 21.4 Å². The first-order valence-electron chi connectivity index (χ1n) is 12.3. The lowest BCUT2D eigenvalue weighted by Crippen LogP contribution is -2.51. The van der Waals surface area contributed by atoms with Gasteiger partial charge in [0.25, 0.3) is 10.0 Å². The standard InChI is InChI=1S/C28H34FN3O4S/c1-5-32(37(33,34)26-8-6-7-23(29)18-26)25-12-10-24(11-13-25)31-16-15-30(21(2)19-31)20-22-9-14-27(35-3)28(17-22)36-4/h6-14,17-18,21H,5,15-16,19-20H2,1-4H3/t21-/m0/s1. The van der Waals surface area contributed by atoms with Gasteiger partial charge in [-0.25, -0.2) is 12.8 Å². The van der Waals surface area contributed by atoms with E-state index in [-0.39, 0.29) is 11.4 Å². The molecule has 1 atom stereocenters. The summed E-state index contributed by atoms with van der Waals surface area (Å²) in [4.78, 5) is 4.70. The summed E-state index contributed by atoms with van der Waals surface area (Å²) in [7, 11) is -0.586. The highest BCUT2D eigenvalue weighted by Crippen LogP contribution is 2.30. The number of ether oxygens (including phenoxy) is 2. The zero-order valence-corrected chi connectivity index (χ0v) is 22.5. The number of hydrogen-bond acceptors (Lipinski definition) is 6. The molecule has 0 spiro atoms. The number of methoxy groups -OCH3 is 2. The fraction of sp³-hybridized carbons (Fsp3) is 0.357. The Kier molecular flexibility index (Phi) is 8.24. The predicted octanol–water partition coefficient (Wildman–Crippen LogP) is 4.77. The van der Waals surface area contributed by atoms with E-state index < -0.39 is 15.8 Å². The lowest BCUT2D eigenvalue weighted by atomic mass is 10.1. The molecule has 37 heavy (non-hydrogen) atoms. The number of nitrogens with zero attached hydrogens (tertiary/aromatic N) is 3. The van der Waals surface area contributed by atoms with E-state index in [1.54, 1.807) is 21.1 Å². The van der Waals surface area contributed by atoms with Gasteiger partial charge in [0.1, 0.15) is 5.82 Å². The molecule has 1 saturated heterocycles. The predicted molar refractivity (Wildman–Crippen MR) is 145 cm³/mol. The maximum absolute atomic E-state index is 13.7. The summed E-state index contributed by atoms with van der Waals surface area (Å²) in [5.41, 5.74) is 2.76. The van der Waals surface area contributed by atoms with Crippen LogP contribution in [0.25, 0.3) is 0 Å². The van der Waals surface area contributed by atoms with Crippen LogP contribution in [0.5, 0.6) is 11.5 Å². The second-order valence-corrected chi connectivity index (χ2v) is 11.0. The Morgan fingerprint density at radius 2 is 1.70 bits per heavy atom. The number of piperazine rings is 1. The molecule has 0 unspecified atom stereocenters. The molecule has 1 heterocycles. The second-order valence-electron chi connectivity index (χ2n) is 9.10. The highest BCUT2D eigenvalue weighted by molar-refractivity contribution is 7.92. The van der Waals surface area contributed by atoms with Crippen molar-refractivity contribution in [2.45, 2.75) is 31.3 Å². The molecule has 198 valence electrons. The van der Waals surface area contributed by atoms with Gasteiger partial charge in [-0.3, -0.25) is 9.21 Å². The van der Waals surface area contributed by atoms with Crippen LogP contribution in [0.4, 0.5) is 15.8 Å². The molecule has 0 radical (unpaired) electrons. The van der Waals surface area contributed by atoms with E-state index in [1.807, 2.05) is 36.4 Å². The van der Waals surface area contributed by atoms with Crippen LogP contribution in [0.1, 0.15) is 19.4 Å². The fourth-order valence-corrected chi connectivity index (χ4v) is 6.26. The largest absolute Gasteiger partial charge is 0.493 e. The minimum Gasteiger partial charge on any atom is -0.493 e. The Morgan fingerprint density at radius 3 is 2.32 bits per heavy atom. The molecular weight excluding hydrogens is 493 g/mol. The minimum absolute atomic E-state index is 0.0575. The molecule has 0 amide bonds. The van der Waals surface area contributed by atoms with Crippen molar-refractivity contribution in [1.82, 2.24) is 4.90 Å². The Labute approximate surface area is 219 Å². The van der Waals surface area contributed by atoms with Gasteiger partial charge in [-0.05, 0) is 74.0 Å². The molecule has 0 N–H and O–H groups in total. The molecule has 0 bridgehead atoms. The number of rotatable bonds is 9. The Morgan fingerprint density at radius 1 is 0.973 bits per heavy atom. The highest BCUT2D eigenvalue weighted by atomic mass is 32.2. The van der Waals surface area contributed by atoms with Crippen molar-refractivity contribution < 1.29 is 22.3 Å². The van der Waals surface area contributed by atoms with Crippen LogP contribution in [-0.2, 0) is 16.6 Å². The average molecular weight is 528 g/mol. The van der Waals surface area contributed by atoms with Gasteiger partial charge in [-0.2, -0.15) is 0 Å². The first-order chi connectivity index (χ1) is 17.8. The van der Waals surface area contributed by atoms with E-state index in [0.29, 0.717) is 11.7 Å². The number of sulfonamides is 1. The van der Waals surface area contributed by atoms with Crippen molar-refractivity contribution in [2.24, 2.45) is 0 Å². The quantitative estimate of drug-likeness (QED) is 0.400. The van der Waals surface area contributed by atoms with Crippen LogP contribution in [0.3, 0.4) is 0 Å². The topological polar surface area (TPSA) is 62.3 Å². The summed E-state index contributed by atoms with van der Waals surface area (Å²) < 4.78 is 52.0. The minimum atomic E-state index is -3.86. The van der Waals surface area contributed by atoms with Gasteiger partial charge < -0.3 is 14.4 Å².